The molecule has 0 radical (unpaired) electrons. The lowest BCUT2D eigenvalue weighted by molar-refractivity contribution is 0.0237. The van der Waals surface area contributed by atoms with Crippen molar-refractivity contribution in [2.45, 2.75) is 39.4 Å². The van der Waals surface area contributed by atoms with Crippen molar-refractivity contribution in [3.63, 3.8) is 0 Å². The van der Waals surface area contributed by atoms with Gasteiger partial charge >= 0.3 is 0 Å². The Morgan fingerprint density at radius 3 is 2.52 bits per heavy atom. The fourth-order valence-electron chi connectivity index (χ4n) is 2.80. The topological polar surface area (TPSA) is 26.3 Å². The van der Waals surface area contributed by atoms with E-state index < -0.39 is 0 Å². The van der Waals surface area contributed by atoms with Crippen LogP contribution in [0.2, 0.25) is 0 Å². The van der Waals surface area contributed by atoms with Crippen LogP contribution in [-0.4, -0.2) is 11.9 Å². The number of aryl methyl sites for hydroxylation is 2. The first-order valence-electron chi connectivity index (χ1n) is 7.42. The number of Topliss-reactive ketones (excluding diaryl/α,β-unsaturated/α-hetero) is 1. The Hall–Kier alpha value is -1.93. The number of ether oxygens (including phenoxy) is 1. The Balaban J connectivity index is 1.68. The minimum Gasteiger partial charge on any atom is -0.373 e. The van der Waals surface area contributed by atoms with E-state index in [0.29, 0.717) is 13.0 Å². The number of carbonyl (C=O) groups excluding carboxylic acids is 1. The highest BCUT2D eigenvalue weighted by Gasteiger charge is 2.22. The highest BCUT2D eigenvalue weighted by atomic mass is 16.5. The number of hydrogen-bond donors (Lipinski definition) is 0. The van der Waals surface area contributed by atoms with Crippen molar-refractivity contribution in [3.05, 3.63) is 70.3 Å². The first-order chi connectivity index (χ1) is 10.1. The van der Waals surface area contributed by atoms with Crippen LogP contribution in [-0.2, 0) is 17.8 Å². The smallest absolute Gasteiger partial charge is 0.165 e. The van der Waals surface area contributed by atoms with Crippen molar-refractivity contribution in [1.82, 2.24) is 0 Å². The van der Waals surface area contributed by atoms with Gasteiger partial charge in [-0.05, 0) is 31.4 Å². The average molecular weight is 280 g/mol. The molecule has 2 aromatic carbocycles. The summed E-state index contributed by atoms with van der Waals surface area (Å²) in [6.45, 7) is 4.73. The Kier molecular flexibility index (Phi) is 3.89. The van der Waals surface area contributed by atoms with E-state index in [4.69, 9.17) is 4.74 Å². The lowest BCUT2D eigenvalue weighted by Crippen LogP contribution is -2.25. The zero-order valence-electron chi connectivity index (χ0n) is 12.6. The van der Waals surface area contributed by atoms with Crippen molar-refractivity contribution in [3.8, 4) is 0 Å². The van der Waals surface area contributed by atoms with E-state index in [0.717, 1.165) is 12.0 Å². The van der Waals surface area contributed by atoms with Crippen molar-refractivity contribution in [2.75, 3.05) is 0 Å². The molecule has 1 unspecified atom stereocenters. The summed E-state index contributed by atoms with van der Waals surface area (Å²) in [6.07, 6.45) is 1.28. The van der Waals surface area contributed by atoms with E-state index in [9.17, 15) is 4.79 Å². The van der Waals surface area contributed by atoms with Gasteiger partial charge in [0.2, 0.25) is 0 Å². The summed E-state index contributed by atoms with van der Waals surface area (Å²) < 4.78 is 5.85. The maximum Gasteiger partial charge on any atom is 0.165 e. The van der Waals surface area contributed by atoms with Crippen LogP contribution >= 0.6 is 0 Å². The lowest BCUT2D eigenvalue weighted by atomic mass is 9.94. The van der Waals surface area contributed by atoms with Gasteiger partial charge in [0.05, 0.1) is 12.7 Å². The molecular formula is C19H20O2. The first-order valence-corrected chi connectivity index (χ1v) is 7.42. The Morgan fingerprint density at radius 2 is 1.76 bits per heavy atom. The van der Waals surface area contributed by atoms with E-state index in [2.05, 4.69) is 25.1 Å². The summed E-state index contributed by atoms with van der Waals surface area (Å²) >= 11 is 0. The van der Waals surface area contributed by atoms with Crippen molar-refractivity contribution in [1.29, 1.82) is 0 Å². The third-order valence-electron chi connectivity index (χ3n) is 4.07. The summed E-state index contributed by atoms with van der Waals surface area (Å²) in [5, 5.41) is 0. The van der Waals surface area contributed by atoms with Gasteiger partial charge in [-0.2, -0.15) is 0 Å². The van der Waals surface area contributed by atoms with Crippen molar-refractivity contribution < 1.29 is 9.53 Å². The third kappa shape index (κ3) is 3.22. The molecule has 0 N–H and O–H groups in total. The Bertz CT molecular complexity index is 656. The minimum atomic E-state index is -0.00555. The van der Waals surface area contributed by atoms with Gasteiger partial charge in [0, 0.05) is 12.0 Å². The second kappa shape index (κ2) is 5.82. The summed E-state index contributed by atoms with van der Waals surface area (Å²) in [4.78, 5) is 12.3. The molecule has 1 atom stereocenters. The zero-order chi connectivity index (χ0) is 14.8. The van der Waals surface area contributed by atoms with Crippen LogP contribution in [0.4, 0.5) is 0 Å². The summed E-state index contributed by atoms with van der Waals surface area (Å²) in [5.41, 5.74) is 5.78. The van der Waals surface area contributed by atoms with Crippen LogP contribution in [0.25, 0.3) is 0 Å². The number of benzene rings is 2. The van der Waals surface area contributed by atoms with Gasteiger partial charge < -0.3 is 4.74 Å². The van der Waals surface area contributed by atoms with E-state index >= 15 is 0 Å². The molecular weight excluding hydrogens is 260 g/mol. The second-order valence-electron chi connectivity index (χ2n) is 5.90. The van der Waals surface area contributed by atoms with E-state index in [1.807, 2.05) is 31.2 Å². The molecule has 0 amide bonds. The predicted molar refractivity (Wildman–Crippen MR) is 83.6 cm³/mol. The molecule has 2 aromatic rings. The van der Waals surface area contributed by atoms with Crippen LogP contribution in [0.5, 0.6) is 0 Å². The molecule has 1 aliphatic heterocycles. The third-order valence-corrected chi connectivity index (χ3v) is 4.07. The van der Waals surface area contributed by atoms with Gasteiger partial charge in [-0.15, -0.1) is 0 Å². The maximum absolute atomic E-state index is 12.3. The molecule has 0 aliphatic carbocycles. The average Bonchev–Trinajstić information content (AvgIpc) is 2.48. The molecule has 108 valence electrons. The number of carbonyl (C=O) groups is 1. The van der Waals surface area contributed by atoms with Crippen LogP contribution in [0, 0.1) is 13.8 Å². The number of hydrogen-bond acceptors (Lipinski definition) is 2. The molecule has 0 saturated carbocycles. The highest BCUT2D eigenvalue weighted by molar-refractivity contribution is 5.96. The lowest BCUT2D eigenvalue weighted by Gasteiger charge is -2.25. The maximum atomic E-state index is 12.3. The second-order valence-corrected chi connectivity index (χ2v) is 5.90. The first kappa shape index (κ1) is 14.0. The van der Waals surface area contributed by atoms with Gasteiger partial charge in [0.25, 0.3) is 0 Å². The molecule has 0 aromatic heterocycles. The van der Waals surface area contributed by atoms with Crippen molar-refractivity contribution in [2.24, 2.45) is 0 Å². The molecule has 0 fully saturated rings. The van der Waals surface area contributed by atoms with E-state index in [1.54, 1.807) is 0 Å². The molecule has 0 spiro atoms. The fraction of sp³-hybridized carbons (Fsp3) is 0.316. The standard InChI is InChI=1S/C19H20O2/c1-13-3-6-15(7-4-13)19(20)11-18-10-16-8-5-14(2)9-17(16)12-21-18/h3-9,18H,10-12H2,1-2H3. The predicted octanol–water partition coefficient (Wildman–Crippen LogP) is 4.02. The van der Waals surface area contributed by atoms with Crippen LogP contribution in [0.3, 0.4) is 0 Å². The van der Waals surface area contributed by atoms with Gasteiger partial charge in [0.1, 0.15) is 0 Å². The Morgan fingerprint density at radius 1 is 1.05 bits per heavy atom. The zero-order valence-corrected chi connectivity index (χ0v) is 12.6. The molecule has 21 heavy (non-hydrogen) atoms. The minimum absolute atomic E-state index is 0.00555. The van der Waals surface area contributed by atoms with Gasteiger partial charge in [-0.3, -0.25) is 4.79 Å². The van der Waals surface area contributed by atoms with Crippen molar-refractivity contribution >= 4 is 5.78 Å². The van der Waals surface area contributed by atoms with E-state index in [1.165, 1.54) is 22.3 Å². The van der Waals surface area contributed by atoms with Gasteiger partial charge in [-0.25, -0.2) is 0 Å². The molecule has 1 heterocycles. The molecule has 3 rings (SSSR count). The van der Waals surface area contributed by atoms with Crippen LogP contribution < -0.4 is 0 Å². The number of fused-ring (bicyclic) bond motifs is 1. The molecule has 2 heteroatoms. The van der Waals surface area contributed by atoms with Crippen LogP contribution in [0.15, 0.2) is 42.5 Å². The molecule has 2 nitrogen and oxygen atoms in total. The number of ketones is 1. The highest BCUT2D eigenvalue weighted by Crippen LogP contribution is 2.24. The molecule has 0 saturated heterocycles. The largest absolute Gasteiger partial charge is 0.373 e. The monoisotopic (exact) mass is 280 g/mol. The molecule has 1 aliphatic rings. The number of rotatable bonds is 3. The quantitative estimate of drug-likeness (QED) is 0.794. The summed E-state index contributed by atoms with van der Waals surface area (Å²) in [6, 6.07) is 14.2. The van der Waals surface area contributed by atoms with Gasteiger partial charge in [0.15, 0.2) is 5.78 Å². The Labute approximate surface area is 125 Å². The van der Waals surface area contributed by atoms with Crippen LogP contribution in [0.1, 0.15) is 39.0 Å². The SMILES string of the molecule is Cc1ccc(C(=O)CC2Cc3ccc(C)cc3CO2)cc1. The molecule has 0 bridgehead atoms. The van der Waals surface area contributed by atoms with E-state index in [-0.39, 0.29) is 11.9 Å². The normalized spacial score (nSPS) is 17.3. The summed E-state index contributed by atoms with van der Waals surface area (Å²) in [7, 11) is 0. The summed E-state index contributed by atoms with van der Waals surface area (Å²) in [5.74, 6) is 0.163. The fourth-order valence-corrected chi connectivity index (χ4v) is 2.80. The van der Waals surface area contributed by atoms with Gasteiger partial charge in [-0.1, -0.05) is 53.6 Å².